The van der Waals surface area contributed by atoms with E-state index in [2.05, 4.69) is 175 Å². The molecule has 10 rings (SSSR count). The van der Waals surface area contributed by atoms with E-state index in [4.69, 9.17) is 4.42 Å². The summed E-state index contributed by atoms with van der Waals surface area (Å²) in [6, 6.07) is 63.2. The molecule has 10 aromatic rings. The van der Waals surface area contributed by atoms with E-state index in [1.54, 1.807) is 0 Å². The number of hydrogen-bond donors (Lipinski definition) is 0. The third kappa shape index (κ3) is 4.62. The second-order valence-electron chi connectivity index (χ2n) is 12.5. The maximum atomic E-state index is 6.52. The Hall–Kier alpha value is -6.16. The third-order valence-corrected chi connectivity index (χ3v) is 10.8. The zero-order valence-electron chi connectivity index (χ0n) is 26.5. The molecular weight excluding hydrogens is 615 g/mol. The van der Waals surface area contributed by atoms with Crippen molar-refractivity contribution in [2.45, 2.75) is 0 Å². The Labute approximate surface area is 287 Å². The summed E-state index contributed by atoms with van der Waals surface area (Å²) in [5.41, 5.74) is 9.83. The van der Waals surface area contributed by atoms with E-state index in [9.17, 15) is 0 Å². The second-order valence-corrected chi connectivity index (χ2v) is 13.6. The normalized spacial score (nSPS) is 11.7. The molecule has 0 unspecified atom stereocenters. The van der Waals surface area contributed by atoms with E-state index >= 15 is 0 Å². The molecule has 0 bridgehead atoms. The summed E-state index contributed by atoms with van der Waals surface area (Å²) in [4.78, 5) is 2.40. The lowest BCUT2D eigenvalue weighted by atomic mass is 9.94. The number of nitrogens with zero attached hydrogens (tertiary/aromatic N) is 1. The van der Waals surface area contributed by atoms with Crippen molar-refractivity contribution in [2.75, 3.05) is 4.90 Å². The lowest BCUT2D eigenvalue weighted by Gasteiger charge is -2.27. The molecule has 0 aliphatic rings. The molecule has 0 fully saturated rings. The quantitative estimate of drug-likeness (QED) is 0.186. The van der Waals surface area contributed by atoms with E-state index in [0.717, 1.165) is 44.6 Å². The van der Waals surface area contributed by atoms with Crippen molar-refractivity contribution in [1.82, 2.24) is 0 Å². The van der Waals surface area contributed by atoms with Crippen molar-refractivity contribution in [3.05, 3.63) is 176 Å². The molecule has 0 aliphatic carbocycles. The van der Waals surface area contributed by atoms with Crippen LogP contribution >= 0.6 is 11.3 Å². The second kappa shape index (κ2) is 11.2. The summed E-state index contributed by atoms with van der Waals surface area (Å²) < 4.78 is 9.10. The van der Waals surface area contributed by atoms with Gasteiger partial charge in [0, 0.05) is 48.0 Å². The Morgan fingerprint density at radius 2 is 1.00 bits per heavy atom. The van der Waals surface area contributed by atoms with Gasteiger partial charge in [0.1, 0.15) is 11.2 Å². The Kier molecular flexibility index (Phi) is 6.39. The van der Waals surface area contributed by atoms with E-state index < -0.39 is 0 Å². The number of anilines is 3. The number of hydrogen-bond acceptors (Lipinski definition) is 3. The zero-order valence-corrected chi connectivity index (χ0v) is 27.3. The number of rotatable bonds is 5. The highest BCUT2D eigenvalue weighted by molar-refractivity contribution is 7.25. The van der Waals surface area contributed by atoms with Crippen LogP contribution in [-0.2, 0) is 0 Å². The topological polar surface area (TPSA) is 16.4 Å². The molecule has 0 radical (unpaired) electrons. The Morgan fingerprint density at radius 1 is 0.367 bits per heavy atom. The highest BCUT2D eigenvalue weighted by Crippen LogP contribution is 2.45. The van der Waals surface area contributed by atoms with Crippen molar-refractivity contribution in [2.24, 2.45) is 0 Å². The van der Waals surface area contributed by atoms with Gasteiger partial charge in [0.15, 0.2) is 0 Å². The molecule has 230 valence electrons. The average molecular weight is 644 g/mol. The molecule has 2 aromatic heterocycles. The molecule has 3 heteroatoms. The Balaban J connectivity index is 1.25. The minimum Gasteiger partial charge on any atom is -0.456 e. The maximum Gasteiger partial charge on any atom is 0.136 e. The number of fused-ring (bicyclic) bond motifs is 8. The lowest BCUT2D eigenvalue weighted by molar-refractivity contribution is 0.669. The van der Waals surface area contributed by atoms with Gasteiger partial charge in [-0.2, -0.15) is 0 Å². The maximum absolute atomic E-state index is 6.52. The van der Waals surface area contributed by atoms with Crippen molar-refractivity contribution in [3.63, 3.8) is 0 Å². The molecule has 0 spiro atoms. The minimum atomic E-state index is 0.897. The van der Waals surface area contributed by atoms with Crippen LogP contribution < -0.4 is 4.90 Å². The van der Waals surface area contributed by atoms with Crippen LogP contribution in [0, 0.1) is 0 Å². The summed E-state index contributed by atoms with van der Waals surface area (Å²) in [6.45, 7) is 0. The van der Waals surface area contributed by atoms with E-state index in [1.807, 2.05) is 17.4 Å². The van der Waals surface area contributed by atoms with Crippen LogP contribution in [0.5, 0.6) is 0 Å². The smallest absolute Gasteiger partial charge is 0.136 e. The van der Waals surface area contributed by atoms with Crippen LogP contribution in [0.3, 0.4) is 0 Å². The number of para-hydroxylation sites is 1. The van der Waals surface area contributed by atoms with Gasteiger partial charge in [-0.1, -0.05) is 121 Å². The first-order chi connectivity index (χ1) is 24.3. The van der Waals surface area contributed by atoms with Crippen LogP contribution in [0.4, 0.5) is 17.1 Å². The van der Waals surface area contributed by atoms with Gasteiger partial charge in [-0.25, -0.2) is 0 Å². The highest BCUT2D eigenvalue weighted by atomic mass is 32.1. The van der Waals surface area contributed by atoms with Crippen LogP contribution in [0.1, 0.15) is 0 Å². The van der Waals surface area contributed by atoms with Crippen molar-refractivity contribution < 1.29 is 4.42 Å². The fraction of sp³-hybridized carbons (Fsp3) is 0. The van der Waals surface area contributed by atoms with Crippen LogP contribution in [0.2, 0.25) is 0 Å². The summed E-state index contributed by atoms with van der Waals surface area (Å²) >= 11 is 1.85. The van der Waals surface area contributed by atoms with Gasteiger partial charge >= 0.3 is 0 Å². The largest absolute Gasteiger partial charge is 0.456 e. The van der Waals surface area contributed by atoms with Gasteiger partial charge < -0.3 is 9.32 Å². The molecule has 2 heterocycles. The third-order valence-electron chi connectivity index (χ3n) is 9.64. The summed E-state index contributed by atoms with van der Waals surface area (Å²) in [6.07, 6.45) is 0. The van der Waals surface area contributed by atoms with Gasteiger partial charge in [0.05, 0.1) is 0 Å². The number of benzene rings is 8. The van der Waals surface area contributed by atoms with Gasteiger partial charge in [-0.3, -0.25) is 0 Å². The Morgan fingerprint density at radius 3 is 1.84 bits per heavy atom. The molecular formula is C46H29NOS. The standard InChI is InChI=1S/C46H29NOS/c1-3-12-30(13-4-1)32-16-11-17-33(26-32)47(35-23-25-38-37-18-8-10-21-44(37)49-45(38)28-35)34-22-24-36-40(31-14-5-2-6-15-31)29-43-46(41(36)27-34)39-19-7-9-20-42(39)48-43/h1-29H. The zero-order chi connectivity index (χ0) is 32.3. The van der Waals surface area contributed by atoms with Gasteiger partial charge in [0.2, 0.25) is 0 Å². The van der Waals surface area contributed by atoms with Gasteiger partial charge in [0.25, 0.3) is 0 Å². The first-order valence-electron chi connectivity index (χ1n) is 16.6. The summed E-state index contributed by atoms with van der Waals surface area (Å²) in [5, 5.41) is 7.24. The molecule has 0 saturated heterocycles. The summed E-state index contributed by atoms with van der Waals surface area (Å²) in [7, 11) is 0. The average Bonchev–Trinajstić information content (AvgIpc) is 3.73. The van der Waals surface area contributed by atoms with E-state index in [-0.39, 0.29) is 0 Å². The molecule has 0 saturated carbocycles. The van der Waals surface area contributed by atoms with Gasteiger partial charge in [-0.15, -0.1) is 11.3 Å². The first kappa shape index (κ1) is 27.9. The molecule has 49 heavy (non-hydrogen) atoms. The SMILES string of the molecule is c1ccc(-c2cccc(N(c3ccc4c(c3)sc3ccccc34)c3ccc4c(-c5ccccc5)cc5oc6ccccc6c5c4c3)c2)cc1. The van der Waals surface area contributed by atoms with E-state index in [1.165, 1.54) is 47.6 Å². The van der Waals surface area contributed by atoms with E-state index in [0.29, 0.717) is 0 Å². The van der Waals surface area contributed by atoms with Crippen molar-refractivity contribution >= 4 is 81.3 Å². The molecule has 0 amide bonds. The molecule has 0 atom stereocenters. The highest BCUT2D eigenvalue weighted by Gasteiger charge is 2.20. The van der Waals surface area contributed by atoms with Crippen molar-refractivity contribution in [1.29, 1.82) is 0 Å². The number of thiophene rings is 1. The first-order valence-corrected chi connectivity index (χ1v) is 17.4. The predicted octanol–water partition coefficient (Wildman–Crippen LogP) is 13.9. The minimum absolute atomic E-state index is 0.897. The summed E-state index contributed by atoms with van der Waals surface area (Å²) in [5.74, 6) is 0. The molecule has 0 N–H and O–H groups in total. The van der Waals surface area contributed by atoms with Crippen LogP contribution in [0.25, 0.3) is 75.1 Å². The molecule has 8 aromatic carbocycles. The Bertz CT molecular complexity index is 2830. The monoisotopic (exact) mass is 643 g/mol. The molecule has 0 aliphatic heterocycles. The van der Waals surface area contributed by atoms with Crippen molar-refractivity contribution in [3.8, 4) is 22.3 Å². The molecule has 2 nitrogen and oxygen atoms in total. The fourth-order valence-electron chi connectivity index (χ4n) is 7.38. The van der Waals surface area contributed by atoms with Crippen LogP contribution in [0.15, 0.2) is 180 Å². The van der Waals surface area contributed by atoms with Crippen LogP contribution in [-0.4, -0.2) is 0 Å². The predicted molar refractivity (Wildman–Crippen MR) is 210 cm³/mol. The fourth-order valence-corrected chi connectivity index (χ4v) is 8.52. The number of furan rings is 1. The lowest BCUT2D eigenvalue weighted by Crippen LogP contribution is -2.10. The van der Waals surface area contributed by atoms with Gasteiger partial charge in [-0.05, 0) is 87.6 Å².